The number of nitrogens with one attached hydrogen (secondary N) is 2. The minimum atomic E-state index is -3.89. The highest BCUT2D eigenvalue weighted by molar-refractivity contribution is 7.92. The molecule has 1 heterocycles. The smallest absolute Gasteiger partial charge is 0.265 e. The van der Waals surface area contributed by atoms with Crippen molar-refractivity contribution in [3.8, 4) is 5.75 Å². The lowest BCUT2D eigenvalue weighted by molar-refractivity contribution is 0.403. The van der Waals surface area contributed by atoms with Crippen LogP contribution in [0, 0.1) is 0 Å². The van der Waals surface area contributed by atoms with Crippen LogP contribution in [0.5, 0.6) is 5.75 Å². The fraction of sp³-hybridized carbons (Fsp3) is 0.0769. The molecule has 0 amide bonds. The molecule has 22 heavy (non-hydrogen) atoms. The van der Waals surface area contributed by atoms with Crippen molar-refractivity contribution in [2.24, 2.45) is 0 Å². The van der Waals surface area contributed by atoms with Crippen molar-refractivity contribution in [1.29, 1.82) is 0 Å². The fourth-order valence-electron chi connectivity index (χ4n) is 2.01. The molecule has 9 heteroatoms. The first kappa shape index (κ1) is 14.6. The van der Waals surface area contributed by atoms with Crippen LogP contribution in [-0.2, 0) is 10.0 Å². The second kappa shape index (κ2) is 5.47. The number of hydrogen-bond donors (Lipinski definition) is 2. The summed E-state index contributed by atoms with van der Waals surface area (Å²) >= 11 is 5.89. The van der Waals surface area contributed by atoms with Crippen LogP contribution >= 0.6 is 11.6 Å². The molecule has 0 aliphatic rings. The Hall–Kier alpha value is -2.32. The monoisotopic (exact) mass is 338 g/mol. The number of para-hydroxylation sites is 1. The van der Waals surface area contributed by atoms with Crippen LogP contribution in [0.3, 0.4) is 0 Å². The minimum Gasteiger partial charge on any atom is -0.495 e. The number of nitrogens with zero attached hydrogens (tertiary/aromatic N) is 2. The molecule has 0 spiro atoms. The van der Waals surface area contributed by atoms with Crippen LogP contribution in [0.2, 0.25) is 5.02 Å². The van der Waals surface area contributed by atoms with Gasteiger partial charge >= 0.3 is 0 Å². The summed E-state index contributed by atoms with van der Waals surface area (Å²) in [6.07, 6.45) is 0. The number of fused-ring (bicyclic) bond motifs is 1. The summed E-state index contributed by atoms with van der Waals surface area (Å²) in [4.78, 5) is -0.0528. The van der Waals surface area contributed by atoms with Gasteiger partial charge in [-0.3, -0.25) is 4.72 Å². The van der Waals surface area contributed by atoms with Crippen molar-refractivity contribution >= 4 is 38.3 Å². The van der Waals surface area contributed by atoms with Gasteiger partial charge in [-0.05, 0) is 30.3 Å². The second-order valence-electron chi connectivity index (χ2n) is 4.40. The van der Waals surface area contributed by atoms with Crippen molar-refractivity contribution in [1.82, 2.24) is 15.4 Å². The third-order valence-electron chi connectivity index (χ3n) is 3.01. The van der Waals surface area contributed by atoms with Gasteiger partial charge in [-0.15, -0.1) is 0 Å². The Morgan fingerprint density at radius 1 is 1.23 bits per heavy atom. The van der Waals surface area contributed by atoms with Crippen LogP contribution < -0.4 is 9.46 Å². The average molecular weight is 339 g/mol. The maximum atomic E-state index is 12.6. The van der Waals surface area contributed by atoms with E-state index in [-0.39, 0.29) is 10.6 Å². The van der Waals surface area contributed by atoms with E-state index in [1.165, 1.54) is 19.2 Å². The highest BCUT2D eigenvalue weighted by Crippen LogP contribution is 2.30. The molecule has 0 fully saturated rings. The molecule has 7 nitrogen and oxygen atoms in total. The first-order valence-corrected chi connectivity index (χ1v) is 8.03. The molecule has 114 valence electrons. The summed E-state index contributed by atoms with van der Waals surface area (Å²) in [5.74, 6) is 0.198. The first-order valence-electron chi connectivity index (χ1n) is 6.17. The molecule has 0 saturated heterocycles. The zero-order valence-corrected chi connectivity index (χ0v) is 12.9. The molecule has 0 saturated carbocycles. The Morgan fingerprint density at radius 2 is 2.05 bits per heavy atom. The SMILES string of the molecule is COc1ccc(Cl)cc1S(=O)(=O)Nc1cccc2n[nH]nc12. The third-order valence-corrected chi connectivity index (χ3v) is 4.63. The Kier molecular flexibility index (Phi) is 3.63. The highest BCUT2D eigenvalue weighted by Gasteiger charge is 2.21. The Balaban J connectivity index is 2.08. The van der Waals surface area contributed by atoms with E-state index < -0.39 is 10.0 Å². The predicted octanol–water partition coefficient (Wildman–Crippen LogP) is 2.42. The molecule has 2 N–H and O–H groups in total. The summed E-state index contributed by atoms with van der Waals surface area (Å²) in [6, 6.07) is 9.37. The Labute approximate surface area is 131 Å². The quantitative estimate of drug-likeness (QED) is 0.761. The Bertz CT molecular complexity index is 939. The van der Waals surface area contributed by atoms with Gasteiger partial charge in [-0.25, -0.2) is 8.42 Å². The van der Waals surface area contributed by atoms with Gasteiger partial charge in [-0.2, -0.15) is 15.4 Å². The lowest BCUT2D eigenvalue weighted by atomic mass is 10.3. The van der Waals surface area contributed by atoms with Crippen molar-refractivity contribution in [3.05, 3.63) is 41.4 Å². The molecular weight excluding hydrogens is 328 g/mol. The summed E-state index contributed by atoms with van der Waals surface area (Å²) in [6.45, 7) is 0. The topological polar surface area (TPSA) is 97.0 Å². The number of hydrogen-bond acceptors (Lipinski definition) is 5. The highest BCUT2D eigenvalue weighted by atomic mass is 35.5. The van der Waals surface area contributed by atoms with Gasteiger partial charge in [0.1, 0.15) is 21.7 Å². The number of H-pyrrole nitrogens is 1. The zero-order valence-electron chi connectivity index (χ0n) is 11.4. The molecule has 0 bridgehead atoms. The van der Waals surface area contributed by atoms with Crippen LogP contribution in [0.1, 0.15) is 0 Å². The van der Waals surface area contributed by atoms with Gasteiger partial charge in [0.15, 0.2) is 0 Å². The van der Waals surface area contributed by atoms with E-state index in [1.807, 2.05) is 0 Å². The number of sulfonamides is 1. The predicted molar refractivity (Wildman–Crippen MR) is 82.7 cm³/mol. The van der Waals surface area contributed by atoms with Gasteiger partial charge in [-0.1, -0.05) is 17.7 Å². The normalized spacial score (nSPS) is 11.5. The van der Waals surface area contributed by atoms with E-state index >= 15 is 0 Å². The zero-order chi connectivity index (χ0) is 15.7. The Morgan fingerprint density at radius 3 is 2.82 bits per heavy atom. The van der Waals surface area contributed by atoms with E-state index in [0.717, 1.165) is 0 Å². The molecule has 1 aromatic heterocycles. The van der Waals surface area contributed by atoms with Gasteiger partial charge in [0.05, 0.1) is 12.8 Å². The molecule has 3 aromatic rings. The summed E-state index contributed by atoms with van der Waals surface area (Å²) in [5, 5.41) is 10.6. The number of aromatic amines is 1. The van der Waals surface area contributed by atoms with E-state index in [4.69, 9.17) is 16.3 Å². The lowest BCUT2D eigenvalue weighted by Crippen LogP contribution is -2.14. The van der Waals surface area contributed by atoms with Crippen LogP contribution in [0.25, 0.3) is 11.0 Å². The summed E-state index contributed by atoms with van der Waals surface area (Å²) in [5.41, 5.74) is 1.29. The molecule has 0 aliphatic heterocycles. The van der Waals surface area contributed by atoms with Gasteiger partial charge in [0, 0.05) is 5.02 Å². The van der Waals surface area contributed by atoms with Crippen molar-refractivity contribution in [2.45, 2.75) is 4.90 Å². The third kappa shape index (κ3) is 2.58. The molecule has 3 rings (SSSR count). The number of ether oxygens (including phenoxy) is 1. The second-order valence-corrected chi connectivity index (χ2v) is 6.48. The van der Waals surface area contributed by atoms with Crippen LogP contribution in [0.4, 0.5) is 5.69 Å². The molecule has 2 aromatic carbocycles. The first-order chi connectivity index (χ1) is 10.5. The molecular formula is C13H11ClN4O3S. The maximum absolute atomic E-state index is 12.6. The molecule has 0 atom stereocenters. The maximum Gasteiger partial charge on any atom is 0.265 e. The van der Waals surface area contributed by atoms with E-state index in [1.54, 1.807) is 24.3 Å². The molecule has 0 unspecified atom stereocenters. The lowest BCUT2D eigenvalue weighted by Gasteiger charge is -2.12. The van der Waals surface area contributed by atoms with Crippen molar-refractivity contribution in [2.75, 3.05) is 11.8 Å². The largest absolute Gasteiger partial charge is 0.495 e. The van der Waals surface area contributed by atoms with Gasteiger partial charge in [0.25, 0.3) is 10.0 Å². The van der Waals surface area contributed by atoms with Crippen molar-refractivity contribution in [3.63, 3.8) is 0 Å². The number of rotatable bonds is 4. The van der Waals surface area contributed by atoms with Gasteiger partial charge in [0.2, 0.25) is 0 Å². The summed E-state index contributed by atoms with van der Waals surface area (Å²) < 4.78 is 32.7. The number of anilines is 1. The number of aromatic nitrogens is 3. The standard InChI is InChI=1S/C13H11ClN4O3S/c1-21-11-6-5-8(14)7-12(11)22(19,20)17-10-4-2-3-9-13(10)16-18-15-9/h2-7,17H,1H3,(H,15,16,18). The fourth-order valence-corrected chi connectivity index (χ4v) is 3.51. The number of benzene rings is 2. The summed E-state index contributed by atoms with van der Waals surface area (Å²) in [7, 11) is -2.50. The molecule has 0 aliphatic carbocycles. The van der Waals surface area contributed by atoms with Gasteiger partial charge < -0.3 is 4.74 Å². The number of halogens is 1. The van der Waals surface area contributed by atoms with E-state index in [2.05, 4.69) is 20.1 Å². The number of methoxy groups -OCH3 is 1. The van der Waals surface area contributed by atoms with E-state index in [0.29, 0.717) is 21.7 Å². The average Bonchev–Trinajstić information content (AvgIpc) is 2.96. The van der Waals surface area contributed by atoms with Crippen LogP contribution in [-0.4, -0.2) is 30.9 Å². The minimum absolute atomic E-state index is 0.0528. The molecule has 0 radical (unpaired) electrons. The van der Waals surface area contributed by atoms with Crippen molar-refractivity contribution < 1.29 is 13.2 Å². The van der Waals surface area contributed by atoms with Crippen LogP contribution in [0.15, 0.2) is 41.3 Å². The van der Waals surface area contributed by atoms with E-state index in [9.17, 15) is 8.42 Å².